The van der Waals surface area contributed by atoms with E-state index < -0.39 is 12.1 Å². The third-order valence-corrected chi connectivity index (χ3v) is 3.87. The molecular weight excluding hydrogens is 374 g/mol. The Morgan fingerprint density at radius 3 is 2.71 bits per heavy atom. The first-order chi connectivity index (χ1) is 11.4. The van der Waals surface area contributed by atoms with Gasteiger partial charge in [0.1, 0.15) is 0 Å². The Bertz CT molecular complexity index is 774. The van der Waals surface area contributed by atoms with Crippen LogP contribution in [0.1, 0.15) is 18.1 Å². The molecule has 0 bridgehead atoms. The van der Waals surface area contributed by atoms with Gasteiger partial charge in [-0.3, -0.25) is 4.99 Å². The van der Waals surface area contributed by atoms with Crippen molar-refractivity contribution in [3.8, 4) is 11.5 Å². The Balaban J connectivity index is 2.38. The second-order valence-electron chi connectivity index (χ2n) is 5.17. The summed E-state index contributed by atoms with van der Waals surface area (Å²) in [4.78, 5) is 15.5. The van der Waals surface area contributed by atoms with E-state index in [4.69, 9.17) is 14.6 Å². The number of aryl methyl sites for hydroxylation is 1. The molecule has 24 heavy (non-hydrogen) atoms. The molecule has 0 radical (unpaired) electrons. The molecule has 1 atom stereocenters. The first-order valence-electron chi connectivity index (χ1n) is 7.29. The smallest absolute Gasteiger partial charge is 0.344 e. The maximum Gasteiger partial charge on any atom is 0.344 e. The average molecular weight is 392 g/mol. The number of benzene rings is 2. The minimum Gasteiger partial charge on any atom is -0.493 e. The highest BCUT2D eigenvalue weighted by atomic mass is 79.9. The Morgan fingerprint density at radius 2 is 2.08 bits per heavy atom. The summed E-state index contributed by atoms with van der Waals surface area (Å²) >= 11 is 3.42. The number of aliphatic carboxylic acids is 1. The van der Waals surface area contributed by atoms with Crippen LogP contribution in [0.15, 0.2) is 45.9 Å². The van der Waals surface area contributed by atoms with Gasteiger partial charge in [0, 0.05) is 16.3 Å². The van der Waals surface area contributed by atoms with Crippen molar-refractivity contribution in [2.45, 2.75) is 20.0 Å². The fraction of sp³-hybridized carbons (Fsp3) is 0.222. The molecule has 2 aromatic rings. The van der Waals surface area contributed by atoms with Crippen molar-refractivity contribution in [3.63, 3.8) is 0 Å². The van der Waals surface area contributed by atoms with E-state index in [1.807, 2.05) is 25.1 Å². The molecule has 0 unspecified atom stereocenters. The molecule has 0 spiro atoms. The number of carboxylic acids is 1. The van der Waals surface area contributed by atoms with E-state index in [1.165, 1.54) is 14.0 Å². The zero-order valence-corrected chi connectivity index (χ0v) is 15.2. The highest BCUT2D eigenvalue weighted by Gasteiger charge is 2.17. The summed E-state index contributed by atoms with van der Waals surface area (Å²) in [5, 5.41) is 9.06. The van der Waals surface area contributed by atoms with Crippen molar-refractivity contribution in [2.75, 3.05) is 7.11 Å². The lowest BCUT2D eigenvalue weighted by atomic mass is 10.2. The molecule has 0 saturated heterocycles. The van der Waals surface area contributed by atoms with Crippen LogP contribution in [0.3, 0.4) is 0 Å². The number of para-hydroxylation sites is 1. The molecule has 126 valence electrons. The fourth-order valence-corrected chi connectivity index (χ4v) is 2.53. The van der Waals surface area contributed by atoms with E-state index in [2.05, 4.69) is 20.9 Å². The highest BCUT2D eigenvalue weighted by molar-refractivity contribution is 9.10. The quantitative estimate of drug-likeness (QED) is 0.742. The number of nitrogens with zero attached hydrogens (tertiary/aromatic N) is 1. The molecule has 0 saturated carbocycles. The third-order valence-electron chi connectivity index (χ3n) is 3.37. The molecular formula is C18H18BrNO4. The topological polar surface area (TPSA) is 68.1 Å². The zero-order valence-electron chi connectivity index (χ0n) is 13.6. The molecule has 0 aromatic heterocycles. The van der Waals surface area contributed by atoms with Crippen molar-refractivity contribution in [3.05, 3.63) is 52.0 Å². The summed E-state index contributed by atoms with van der Waals surface area (Å²) in [5.74, 6) is -0.236. The molecule has 6 heteroatoms. The second kappa shape index (κ2) is 7.97. The molecule has 0 aliphatic carbocycles. The van der Waals surface area contributed by atoms with Gasteiger partial charge in [-0.2, -0.15) is 0 Å². The van der Waals surface area contributed by atoms with Crippen LogP contribution in [0.5, 0.6) is 11.5 Å². The van der Waals surface area contributed by atoms with Crippen molar-refractivity contribution in [2.24, 2.45) is 4.99 Å². The number of rotatable bonds is 6. The van der Waals surface area contributed by atoms with Crippen LogP contribution >= 0.6 is 15.9 Å². The normalized spacial score (nSPS) is 12.2. The Labute approximate surface area is 149 Å². The molecule has 2 rings (SSSR count). The van der Waals surface area contributed by atoms with E-state index in [0.29, 0.717) is 17.1 Å². The monoisotopic (exact) mass is 391 g/mol. The van der Waals surface area contributed by atoms with Gasteiger partial charge in [0.25, 0.3) is 0 Å². The van der Waals surface area contributed by atoms with Crippen molar-refractivity contribution < 1.29 is 19.4 Å². The Kier molecular flexibility index (Phi) is 5.98. The maximum absolute atomic E-state index is 11.1. The van der Waals surface area contributed by atoms with E-state index in [1.54, 1.807) is 24.4 Å². The Morgan fingerprint density at radius 1 is 1.33 bits per heavy atom. The molecule has 2 aromatic carbocycles. The van der Waals surface area contributed by atoms with Crippen molar-refractivity contribution in [1.82, 2.24) is 0 Å². The number of carbonyl (C=O) groups is 1. The lowest BCUT2D eigenvalue weighted by Gasteiger charge is -2.15. The largest absolute Gasteiger partial charge is 0.493 e. The number of methoxy groups -OCH3 is 1. The summed E-state index contributed by atoms with van der Waals surface area (Å²) in [7, 11) is 1.51. The molecule has 1 N–H and O–H groups in total. The predicted molar refractivity (Wildman–Crippen MR) is 96.9 cm³/mol. The Hall–Kier alpha value is -2.34. The van der Waals surface area contributed by atoms with E-state index in [-0.39, 0.29) is 0 Å². The van der Waals surface area contributed by atoms with Crippen molar-refractivity contribution in [1.29, 1.82) is 0 Å². The van der Waals surface area contributed by atoms with Gasteiger partial charge in [0.2, 0.25) is 0 Å². The van der Waals surface area contributed by atoms with Crippen molar-refractivity contribution >= 4 is 33.8 Å². The first kappa shape index (κ1) is 18.0. The van der Waals surface area contributed by atoms with Gasteiger partial charge in [-0.15, -0.1) is 0 Å². The minimum atomic E-state index is -1.05. The number of hydrogen-bond donors (Lipinski definition) is 1. The summed E-state index contributed by atoms with van der Waals surface area (Å²) < 4.78 is 11.8. The molecule has 0 amide bonds. The maximum atomic E-state index is 11.1. The van der Waals surface area contributed by atoms with Crippen LogP contribution < -0.4 is 9.47 Å². The van der Waals surface area contributed by atoms with Crippen LogP contribution in [0.4, 0.5) is 5.69 Å². The number of ether oxygens (including phenoxy) is 2. The fourth-order valence-electron chi connectivity index (χ4n) is 2.05. The summed E-state index contributed by atoms with van der Waals surface area (Å²) in [5.41, 5.74) is 2.48. The number of aliphatic imine (C=N–C) groups is 1. The number of carboxylic acid groups (broad SMARTS) is 1. The van der Waals surface area contributed by atoms with Gasteiger partial charge in [-0.25, -0.2) is 4.79 Å². The standard InChI is InChI=1S/C18H18BrNO4/c1-11-9-14(19)7-8-15(11)20-10-13-5-4-6-16(23-3)17(13)24-12(2)18(21)22/h4-10,12H,1-3H3,(H,21,22)/t12-/m1/s1. The van der Waals surface area contributed by atoms with Gasteiger partial charge in [-0.1, -0.05) is 22.0 Å². The van der Waals surface area contributed by atoms with Gasteiger partial charge in [-0.05, 0) is 49.7 Å². The first-order valence-corrected chi connectivity index (χ1v) is 8.08. The predicted octanol–water partition coefficient (Wildman–Crippen LogP) is 4.37. The van der Waals surface area contributed by atoms with E-state index >= 15 is 0 Å². The van der Waals surface area contributed by atoms with Gasteiger partial charge >= 0.3 is 5.97 Å². The number of halogens is 1. The molecule has 0 fully saturated rings. The highest BCUT2D eigenvalue weighted by Crippen LogP contribution is 2.32. The molecule has 0 heterocycles. The van der Waals surface area contributed by atoms with Gasteiger partial charge < -0.3 is 14.6 Å². The molecule has 0 aliphatic heterocycles. The number of hydrogen-bond acceptors (Lipinski definition) is 4. The lowest BCUT2D eigenvalue weighted by Crippen LogP contribution is -2.23. The second-order valence-corrected chi connectivity index (χ2v) is 6.08. The van der Waals surface area contributed by atoms with Gasteiger partial charge in [0.15, 0.2) is 17.6 Å². The minimum absolute atomic E-state index is 0.355. The zero-order chi connectivity index (χ0) is 17.7. The van der Waals surface area contributed by atoms with Crippen LogP contribution in [-0.2, 0) is 4.79 Å². The summed E-state index contributed by atoms with van der Waals surface area (Å²) in [6.45, 7) is 3.43. The van der Waals surface area contributed by atoms with Crippen LogP contribution in [0, 0.1) is 6.92 Å². The molecule has 0 aliphatic rings. The van der Waals surface area contributed by atoms with Crippen LogP contribution in [0.2, 0.25) is 0 Å². The van der Waals surface area contributed by atoms with Crippen LogP contribution in [0.25, 0.3) is 0 Å². The third kappa shape index (κ3) is 4.35. The molecule has 5 nitrogen and oxygen atoms in total. The summed E-state index contributed by atoms with van der Waals surface area (Å²) in [6.07, 6.45) is 0.644. The summed E-state index contributed by atoms with van der Waals surface area (Å²) in [6, 6.07) is 11.1. The van der Waals surface area contributed by atoms with Gasteiger partial charge in [0.05, 0.1) is 12.8 Å². The van der Waals surface area contributed by atoms with E-state index in [0.717, 1.165) is 15.7 Å². The lowest BCUT2D eigenvalue weighted by molar-refractivity contribution is -0.144. The average Bonchev–Trinajstić information content (AvgIpc) is 2.54. The van der Waals surface area contributed by atoms with Crippen LogP contribution in [-0.4, -0.2) is 30.5 Å². The van der Waals surface area contributed by atoms with E-state index in [9.17, 15) is 4.79 Å². The SMILES string of the molecule is COc1cccc(C=Nc2ccc(Br)cc2C)c1O[C@H](C)C(=O)O.